The zero-order valence-corrected chi connectivity index (χ0v) is 36.2. The van der Waals surface area contributed by atoms with E-state index in [1.165, 1.54) is 89.9 Å². The molecule has 0 aromatic heterocycles. The first-order valence-electron chi connectivity index (χ1n) is 22.0. The Morgan fingerprint density at radius 1 is 0.607 bits per heavy atom. The highest BCUT2D eigenvalue weighted by atomic mass is 31.2. The summed E-state index contributed by atoms with van der Waals surface area (Å²) >= 11 is 0. The summed E-state index contributed by atoms with van der Waals surface area (Å²) in [4.78, 5) is 22.4. The predicted octanol–water partition coefficient (Wildman–Crippen LogP) is 10.9. The van der Waals surface area contributed by atoms with E-state index >= 15 is 0 Å². The van der Waals surface area contributed by atoms with Gasteiger partial charge in [-0.05, 0) is 51.4 Å². The van der Waals surface area contributed by atoms with E-state index in [1.807, 2.05) is 31.2 Å². The smallest absolute Gasteiger partial charge is 0.457 e. The van der Waals surface area contributed by atoms with Gasteiger partial charge >= 0.3 is 13.8 Å². The number of hydrogen-bond donors (Lipinski definition) is 4. The van der Waals surface area contributed by atoms with Gasteiger partial charge in [0.2, 0.25) is 0 Å². The molecule has 326 valence electrons. The number of allylic oxidation sites excluding steroid dienone is 9. The lowest BCUT2D eigenvalue weighted by Crippen LogP contribution is -2.28. The minimum atomic E-state index is -4.31. The molecule has 0 rings (SSSR count). The molecule has 0 aromatic rings. The topological polar surface area (TPSA) is 158 Å². The summed E-state index contributed by atoms with van der Waals surface area (Å²) in [6.45, 7) is 4.35. The summed E-state index contributed by atoms with van der Waals surface area (Å²) in [5.74, 6) is -0.429. The van der Waals surface area contributed by atoms with Crippen molar-refractivity contribution in [3.8, 4) is 0 Å². The number of carbonyl (C=O) groups is 1. The van der Waals surface area contributed by atoms with Crippen LogP contribution in [0.1, 0.15) is 168 Å². The average Bonchev–Trinajstić information content (AvgIpc) is 3.19. The first-order valence-corrected chi connectivity index (χ1v) is 23.4. The number of esters is 1. The Kier molecular flexibility index (Phi) is 39.9. The molecule has 4 atom stereocenters. The second-order valence-corrected chi connectivity index (χ2v) is 15.9. The molecule has 56 heavy (non-hydrogen) atoms. The standard InChI is InChI=1S/C45H82NO9P/c1-3-5-6-7-8-9-10-11-12-16-19-22-25-28-31-34-38-52-40-42(41-54-56(50,51)53-39-37-46)55-45(49)36-33-30-27-24-21-18-15-13-14-17-20-23-26-29-32-35-44(48)43(47)4-2/h13-14,18,20-21,23,27,29-30,32,42-44,47-48H,3-12,15-17,19,22,24-26,28,31,33-41,46H2,1-2H3,(H,50,51)/b14-13+,21-18+,23-20+,30-27+,32-29+. The number of unbranched alkanes of at least 4 members (excludes halogenated alkanes) is 15. The van der Waals surface area contributed by atoms with Gasteiger partial charge in [-0.25, -0.2) is 4.57 Å². The van der Waals surface area contributed by atoms with Gasteiger partial charge in [0.25, 0.3) is 0 Å². The Balaban J connectivity index is 4.19. The zero-order chi connectivity index (χ0) is 41.2. The van der Waals surface area contributed by atoms with Crippen molar-refractivity contribution in [3.05, 3.63) is 60.8 Å². The third-order valence-corrected chi connectivity index (χ3v) is 10.2. The van der Waals surface area contributed by atoms with E-state index in [0.717, 1.165) is 38.5 Å². The molecule has 0 bridgehead atoms. The Labute approximate surface area is 341 Å². The van der Waals surface area contributed by atoms with Crippen LogP contribution in [0.15, 0.2) is 60.8 Å². The molecule has 0 aliphatic carbocycles. The van der Waals surface area contributed by atoms with Gasteiger partial charge in [-0.3, -0.25) is 13.8 Å². The van der Waals surface area contributed by atoms with Crippen LogP contribution in [0, 0.1) is 0 Å². The molecule has 0 radical (unpaired) electrons. The summed E-state index contributed by atoms with van der Waals surface area (Å²) in [6.07, 6.45) is 44.0. The van der Waals surface area contributed by atoms with E-state index in [2.05, 4.69) is 43.4 Å². The Bertz CT molecular complexity index is 1080. The quantitative estimate of drug-likeness (QED) is 0.0203. The molecule has 10 nitrogen and oxygen atoms in total. The lowest BCUT2D eigenvalue weighted by molar-refractivity contribution is -0.154. The molecular weight excluding hydrogens is 729 g/mol. The second kappa shape index (κ2) is 41.3. The molecule has 0 saturated carbocycles. The summed E-state index contributed by atoms with van der Waals surface area (Å²) in [6, 6.07) is 0. The zero-order valence-electron chi connectivity index (χ0n) is 35.3. The highest BCUT2D eigenvalue weighted by molar-refractivity contribution is 7.47. The van der Waals surface area contributed by atoms with Gasteiger partial charge in [-0.1, -0.05) is 171 Å². The molecule has 11 heteroatoms. The van der Waals surface area contributed by atoms with Crippen LogP contribution in [0.4, 0.5) is 0 Å². The summed E-state index contributed by atoms with van der Waals surface area (Å²) in [5, 5.41) is 19.3. The molecule has 0 aliphatic rings. The van der Waals surface area contributed by atoms with Crippen LogP contribution in [0.5, 0.6) is 0 Å². The third-order valence-electron chi connectivity index (χ3n) is 9.22. The normalized spacial score (nSPS) is 15.2. The largest absolute Gasteiger partial charge is 0.472 e. The Morgan fingerprint density at radius 2 is 1.07 bits per heavy atom. The van der Waals surface area contributed by atoms with Gasteiger partial charge in [-0.15, -0.1) is 0 Å². The number of ether oxygens (including phenoxy) is 2. The molecule has 0 amide bonds. The van der Waals surface area contributed by atoms with Gasteiger partial charge in [0, 0.05) is 19.6 Å². The maximum absolute atomic E-state index is 12.6. The fourth-order valence-corrected chi connectivity index (χ4v) is 6.54. The molecule has 0 aromatic carbocycles. The van der Waals surface area contributed by atoms with Crippen LogP contribution < -0.4 is 5.73 Å². The van der Waals surface area contributed by atoms with Crippen LogP contribution in [-0.4, -0.2) is 72.4 Å². The highest BCUT2D eigenvalue weighted by Crippen LogP contribution is 2.43. The Morgan fingerprint density at radius 3 is 1.55 bits per heavy atom. The highest BCUT2D eigenvalue weighted by Gasteiger charge is 2.25. The molecule has 4 unspecified atom stereocenters. The molecule has 0 heterocycles. The van der Waals surface area contributed by atoms with Crippen molar-refractivity contribution >= 4 is 13.8 Å². The fraction of sp³-hybridized carbons (Fsp3) is 0.756. The van der Waals surface area contributed by atoms with Crippen molar-refractivity contribution in [2.24, 2.45) is 5.73 Å². The number of aliphatic hydroxyl groups excluding tert-OH is 2. The van der Waals surface area contributed by atoms with Gasteiger partial charge in [0.15, 0.2) is 0 Å². The summed E-state index contributed by atoms with van der Waals surface area (Å²) < 4.78 is 33.3. The number of carbonyl (C=O) groups excluding carboxylic acids is 1. The van der Waals surface area contributed by atoms with Crippen molar-refractivity contribution < 1.29 is 43.0 Å². The Hall–Kier alpha value is -1.88. The number of aliphatic hydroxyl groups is 2. The van der Waals surface area contributed by atoms with E-state index in [4.69, 9.17) is 24.3 Å². The number of nitrogens with two attached hydrogens (primary N) is 1. The fourth-order valence-electron chi connectivity index (χ4n) is 5.78. The monoisotopic (exact) mass is 812 g/mol. The molecule has 0 spiro atoms. The van der Waals surface area contributed by atoms with Gasteiger partial charge in [-0.2, -0.15) is 0 Å². The predicted molar refractivity (Wildman–Crippen MR) is 231 cm³/mol. The maximum atomic E-state index is 12.6. The molecule has 5 N–H and O–H groups in total. The van der Waals surface area contributed by atoms with E-state index in [1.54, 1.807) is 0 Å². The van der Waals surface area contributed by atoms with Crippen molar-refractivity contribution in [1.29, 1.82) is 0 Å². The van der Waals surface area contributed by atoms with Crippen molar-refractivity contribution in [2.45, 2.75) is 186 Å². The van der Waals surface area contributed by atoms with Gasteiger partial charge in [0.1, 0.15) is 6.10 Å². The maximum Gasteiger partial charge on any atom is 0.472 e. The van der Waals surface area contributed by atoms with Crippen molar-refractivity contribution in [2.75, 3.05) is 33.0 Å². The van der Waals surface area contributed by atoms with Crippen LogP contribution in [0.2, 0.25) is 0 Å². The van der Waals surface area contributed by atoms with Crippen LogP contribution in [-0.2, 0) is 27.9 Å². The molecule has 0 saturated heterocycles. The van der Waals surface area contributed by atoms with Gasteiger partial charge in [0.05, 0.1) is 32.0 Å². The minimum Gasteiger partial charge on any atom is -0.457 e. The van der Waals surface area contributed by atoms with Crippen molar-refractivity contribution in [1.82, 2.24) is 0 Å². The SMILES string of the molecule is CCCCCCCCCCCCCCCCCCOCC(COP(=O)(O)OCCN)OC(=O)CC/C=C/C/C=C/C/C=C/C/C=C/C/C=C/CC(O)C(O)CC. The van der Waals surface area contributed by atoms with E-state index in [9.17, 15) is 24.5 Å². The van der Waals surface area contributed by atoms with E-state index in [0.29, 0.717) is 25.9 Å². The van der Waals surface area contributed by atoms with E-state index < -0.39 is 32.1 Å². The summed E-state index contributed by atoms with van der Waals surface area (Å²) in [7, 11) is -4.31. The second-order valence-electron chi connectivity index (χ2n) is 14.5. The van der Waals surface area contributed by atoms with E-state index in [-0.39, 0.29) is 32.8 Å². The average molecular weight is 812 g/mol. The first-order chi connectivity index (χ1) is 27.3. The lowest BCUT2D eigenvalue weighted by Gasteiger charge is -2.20. The number of rotatable bonds is 41. The van der Waals surface area contributed by atoms with Crippen molar-refractivity contribution in [3.63, 3.8) is 0 Å². The van der Waals surface area contributed by atoms with Gasteiger partial charge < -0.3 is 30.3 Å². The number of phosphoric ester groups is 1. The number of phosphoric acid groups is 1. The van der Waals surface area contributed by atoms with Crippen LogP contribution in [0.25, 0.3) is 0 Å². The molecule has 0 fully saturated rings. The number of hydrogen-bond acceptors (Lipinski definition) is 9. The minimum absolute atomic E-state index is 0.0709. The summed E-state index contributed by atoms with van der Waals surface area (Å²) in [5.41, 5.74) is 5.36. The molecular formula is C45H82NO9P. The van der Waals surface area contributed by atoms with Crippen LogP contribution >= 0.6 is 7.82 Å². The lowest BCUT2D eigenvalue weighted by atomic mass is 10.0. The third kappa shape index (κ3) is 39.0. The first kappa shape index (κ1) is 54.1. The molecule has 0 aliphatic heterocycles. The van der Waals surface area contributed by atoms with Crippen LogP contribution in [0.3, 0.4) is 0 Å².